The van der Waals surface area contributed by atoms with Gasteiger partial charge in [0.15, 0.2) is 0 Å². The van der Waals surface area contributed by atoms with Crippen LogP contribution in [0.3, 0.4) is 0 Å². The largest absolute Gasteiger partial charge is 0.395 e. The van der Waals surface area contributed by atoms with Gasteiger partial charge in [0.2, 0.25) is 0 Å². The molecule has 0 unspecified atom stereocenters. The Morgan fingerprint density at radius 1 is 1.26 bits per heavy atom. The first-order valence-electron chi connectivity index (χ1n) is 11.4. The number of sulfonamides is 1. The highest BCUT2D eigenvalue weighted by molar-refractivity contribution is 7.91. The SMILES string of the molecule is Cc1ccc(S(=O)(=O)N(CCO)C[C@H]2CCC3=Cc4c(cnn4-c4ccc(F)cc4)C[C@@]32C)s1. The summed E-state index contributed by atoms with van der Waals surface area (Å²) in [5.74, 6) is -0.155. The fourth-order valence-corrected chi connectivity index (χ4v) is 8.27. The minimum Gasteiger partial charge on any atom is -0.395 e. The van der Waals surface area contributed by atoms with Crippen molar-refractivity contribution < 1.29 is 17.9 Å². The van der Waals surface area contributed by atoms with Gasteiger partial charge in [0.05, 0.1) is 24.2 Å². The molecule has 2 atom stereocenters. The Bertz CT molecular complexity index is 1340. The monoisotopic (exact) mass is 501 g/mol. The number of thiophene rings is 1. The number of aromatic nitrogens is 2. The molecule has 1 aromatic carbocycles. The van der Waals surface area contributed by atoms with Gasteiger partial charge in [0.1, 0.15) is 10.0 Å². The summed E-state index contributed by atoms with van der Waals surface area (Å²) in [7, 11) is -3.67. The van der Waals surface area contributed by atoms with Crippen LogP contribution >= 0.6 is 11.3 Å². The van der Waals surface area contributed by atoms with E-state index in [9.17, 15) is 17.9 Å². The molecule has 180 valence electrons. The van der Waals surface area contributed by atoms with Gasteiger partial charge in [-0.05, 0) is 85.6 Å². The van der Waals surface area contributed by atoms with E-state index >= 15 is 0 Å². The maximum Gasteiger partial charge on any atom is 0.252 e. The van der Waals surface area contributed by atoms with Gasteiger partial charge in [-0.3, -0.25) is 0 Å². The molecule has 0 amide bonds. The molecule has 2 aliphatic rings. The molecule has 0 saturated heterocycles. The molecule has 3 aromatic rings. The van der Waals surface area contributed by atoms with Crippen molar-refractivity contribution in [2.75, 3.05) is 19.7 Å². The van der Waals surface area contributed by atoms with Crippen LogP contribution in [0.15, 0.2) is 52.4 Å². The normalized spacial score (nSPS) is 22.0. The minimum absolute atomic E-state index is 0.0820. The second-order valence-corrected chi connectivity index (χ2v) is 12.8. The molecule has 6 nitrogen and oxygen atoms in total. The number of rotatable bonds is 7. The Balaban J connectivity index is 1.43. The lowest BCUT2D eigenvalue weighted by Gasteiger charge is -2.38. The predicted molar refractivity (Wildman–Crippen MR) is 131 cm³/mol. The first-order valence-corrected chi connectivity index (χ1v) is 13.7. The van der Waals surface area contributed by atoms with E-state index in [1.54, 1.807) is 18.2 Å². The van der Waals surface area contributed by atoms with Crippen LogP contribution in [-0.4, -0.2) is 47.3 Å². The zero-order valence-corrected chi connectivity index (χ0v) is 20.9. The van der Waals surface area contributed by atoms with Crippen molar-refractivity contribution in [3.63, 3.8) is 0 Å². The van der Waals surface area contributed by atoms with E-state index in [2.05, 4.69) is 18.1 Å². The minimum atomic E-state index is -3.67. The van der Waals surface area contributed by atoms with E-state index in [1.165, 1.54) is 33.3 Å². The van der Waals surface area contributed by atoms with Crippen LogP contribution in [-0.2, 0) is 16.4 Å². The number of allylic oxidation sites excluding steroid dienone is 1. The van der Waals surface area contributed by atoms with Gasteiger partial charge in [0, 0.05) is 18.0 Å². The molecule has 2 aliphatic carbocycles. The molecule has 5 rings (SSSR count). The fourth-order valence-electron chi connectivity index (χ4n) is 5.36. The first-order chi connectivity index (χ1) is 16.2. The third-order valence-corrected chi connectivity index (χ3v) is 10.6. The summed E-state index contributed by atoms with van der Waals surface area (Å²) in [6, 6.07) is 9.76. The molecular formula is C25H28FN3O3S2. The van der Waals surface area contributed by atoms with E-state index in [0.29, 0.717) is 10.8 Å². The number of benzene rings is 1. The fraction of sp³-hybridized carbons (Fsp3) is 0.400. The van der Waals surface area contributed by atoms with Crippen LogP contribution in [0.4, 0.5) is 4.39 Å². The second kappa shape index (κ2) is 8.71. The molecule has 0 bridgehead atoms. The van der Waals surface area contributed by atoms with Gasteiger partial charge >= 0.3 is 0 Å². The Hall–Kier alpha value is -2.33. The highest BCUT2D eigenvalue weighted by atomic mass is 32.2. The first kappa shape index (κ1) is 23.4. The molecule has 1 fully saturated rings. The smallest absolute Gasteiger partial charge is 0.252 e. The average Bonchev–Trinajstić information content (AvgIpc) is 3.50. The van der Waals surface area contributed by atoms with E-state index in [-0.39, 0.29) is 30.3 Å². The molecule has 34 heavy (non-hydrogen) atoms. The summed E-state index contributed by atoms with van der Waals surface area (Å²) in [6.45, 7) is 4.34. The number of aliphatic hydroxyl groups is 1. The highest BCUT2D eigenvalue weighted by Gasteiger charge is 2.47. The summed E-state index contributed by atoms with van der Waals surface area (Å²) >= 11 is 1.26. The molecule has 1 N–H and O–H groups in total. The van der Waals surface area contributed by atoms with Crippen molar-refractivity contribution in [2.45, 2.75) is 37.3 Å². The average molecular weight is 502 g/mol. The molecular weight excluding hydrogens is 473 g/mol. The Morgan fingerprint density at radius 3 is 2.71 bits per heavy atom. The van der Waals surface area contributed by atoms with Crippen LogP contribution in [0, 0.1) is 24.1 Å². The molecule has 0 spiro atoms. The van der Waals surface area contributed by atoms with Gasteiger partial charge < -0.3 is 5.11 Å². The number of nitrogens with zero attached hydrogens (tertiary/aromatic N) is 3. The molecule has 2 heterocycles. The van der Waals surface area contributed by atoms with Crippen molar-refractivity contribution in [3.8, 4) is 5.69 Å². The van der Waals surface area contributed by atoms with Crippen LogP contribution in [0.2, 0.25) is 0 Å². The van der Waals surface area contributed by atoms with Crippen LogP contribution in [0.5, 0.6) is 0 Å². The van der Waals surface area contributed by atoms with Crippen molar-refractivity contribution in [1.82, 2.24) is 14.1 Å². The molecule has 2 aromatic heterocycles. The third-order valence-electron chi connectivity index (χ3n) is 7.31. The van der Waals surface area contributed by atoms with Gasteiger partial charge in [-0.25, -0.2) is 17.5 Å². The van der Waals surface area contributed by atoms with Gasteiger partial charge in [0.25, 0.3) is 10.0 Å². The summed E-state index contributed by atoms with van der Waals surface area (Å²) in [4.78, 5) is 0.943. The van der Waals surface area contributed by atoms with Crippen LogP contribution in [0.1, 0.15) is 35.9 Å². The zero-order chi connectivity index (χ0) is 24.1. The summed E-state index contributed by atoms with van der Waals surface area (Å²) in [6.07, 6.45) is 6.59. The lowest BCUT2D eigenvalue weighted by Crippen LogP contribution is -2.41. The third kappa shape index (κ3) is 3.94. The zero-order valence-electron chi connectivity index (χ0n) is 19.2. The number of hydrogen-bond acceptors (Lipinski definition) is 5. The summed E-state index contributed by atoms with van der Waals surface area (Å²) in [5.41, 5.74) is 4.03. The number of fused-ring (bicyclic) bond motifs is 2. The Kier molecular flexibility index (Phi) is 6.00. The van der Waals surface area contributed by atoms with Crippen LogP contribution < -0.4 is 0 Å². The van der Waals surface area contributed by atoms with Gasteiger partial charge in [-0.15, -0.1) is 11.3 Å². The highest BCUT2D eigenvalue weighted by Crippen LogP contribution is 2.53. The molecule has 9 heteroatoms. The van der Waals surface area contributed by atoms with Crippen molar-refractivity contribution in [3.05, 3.63) is 70.1 Å². The van der Waals surface area contributed by atoms with E-state index in [1.807, 2.05) is 23.9 Å². The van der Waals surface area contributed by atoms with Gasteiger partial charge in [-0.1, -0.05) is 12.5 Å². The summed E-state index contributed by atoms with van der Waals surface area (Å²) < 4.78 is 43.7. The van der Waals surface area contributed by atoms with Crippen LogP contribution in [0.25, 0.3) is 11.8 Å². The van der Waals surface area contributed by atoms with E-state index in [0.717, 1.165) is 41.1 Å². The Morgan fingerprint density at radius 2 is 2.03 bits per heavy atom. The van der Waals surface area contributed by atoms with Gasteiger partial charge in [-0.2, -0.15) is 9.40 Å². The molecule has 0 aliphatic heterocycles. The van der Waals surface area contributed by atoms with E-state index in [4.69, 9.17) is 0 Å². The summed E-state index contributed by atoms with van der Waals surface area (Å²) in [5, 5.41) is 14.2. The quantitative estimate of drug-likeness (QED) is 0.520. The second-order valence-electron chi connectivity index (χ2n) is 9.39. The Labute approximate surface area is 203 Å². The number of hydrogen-bond donors (Lipinski definition) is 1. The number of aliphatic hydroxyl groups excluding tert-OH is 1. The number of aryl methyl sites for hydroxylation is 1. The standard InChI is InChI=1S/C25H28FN3O3S2/c1-17-3-10-24(33-17)34(31,32)28(11-12-30)16-20-5-4-19-13-23-18(14-25(19,20)2)15-27-29(23)22-8-6-21(26)7-9-22/h3,6-10,13,15,20,30H,4-5,11-12,14,16H2,1-2H3/t20-,25+/m1/s1. The van der Waals surface area contributed by atoms with E-state index < -0.39 is 10.0 Å². The maximum atomic E-state index is 13.4. The maximum absolute atomic E-state index is 13.4. The topological polar surface area (TPSA) is 75.4 Å². The number of halogens is 1. The molecule has 0 radical (unpaired) electrons. The lowest BCUT2D eigenvalue weighted by atomic mass is 9.70. The van der Waals surface area contributed by atoms with Crippen molar-refractivity contribution in [2.24, 2.45) is 11.3 Å². The predicted octanol–water partition coefficient (Wildman–Crippen LogP) is 4.42. The molecule has 1 saturated carbocycles. The van der Waals surface area contributed by atoms with Crippen molar-refractivity contribution >= 4 is 27.4 Å². The van der Waals surface area contributed by atoms with Crippen molar-refractivity contribution in [1.29, 1.82) is 0 Å². The lowest BCUT2D eigenvalue weighted by molar-refractivity contribution is 0.194.